The van der Waals surface area contributed by atoms with Gasteiger partial charge in [0.2, 0.25) is 11.8 Å². The first-order chi connectivity index (χ1) is 17.6. The van der Waals surface area contributed by atoms with Crippen molar-refractivity contribution in [3.8, 4) is 0 Å². The Balaban J connectivity index is 1.73. The highest BCUT2D eigenvalue weighted by atomic mass is 32.7. The molecule has 16 heteroatoms. The molecule has 3 unspecified atom stereocenters. The van der Waals surface area contributed by atoms with E-state index in [1.54, 1.807) is 13.8 Å². The maximum atomic E-state index is 13.8. The molecule has 38 heavy (non-hydrogen) atoms. The Hall–Kier alpha value is -2.26. The fraction of sp³-hybridized carbons (Fsp3) is 0.636. The lowest BCUT2D eigenvalue weighted by atomic mass is 9.96. The lowest BCUT2D eigenvalue weighted by Crippen LogP contribution is -2.53. The Labute approximate surface area is 223 Å². The topological polar surface area (TPSA) is 193 Å². The van der Waals surface area contributed by atoms with E-state index in [2.05, 4.69) is 22.3 Å². The van der Waals surface area contributed by atoms with Gasteiger partial charge in [-0.25, -0.2) is 5.09 Å². The van der Waals surface area contributed by atoms with Crippen LogP contribution in [0, 0.1) is 5.92 Å². The van der Waals surface area contributed by atoms with Gasteiger partial charge in [0.05, 0.1) is 18.6 Å². The van der Waals surface area contributed by atoms with Crippen molar-refractivity contribution in [3.05, 3.63) is 24.7 Å². The van der Waals surface area contributed by atoms with Gasteiger partial charge in [-0.05, 0) is 27.7 Å². The zero-order chi connectivity index (χ0) is 28.4. The van der Waals surface area contributed by atoms with Crippen LogP contribution in [0.1, 0.15) is 34.1 Å². The van der Waals surface area contributed by atoms with Crippen LogP contribution in [0.15, 0.2) is 24.7 Å². The summed E-state index contributed by atoms with van der Waals surface area (Å²) in [5, 5.41) is 29.0. The molecule has 14 nitrogen and oxygen atoms in total. The predicted octanol–water partition coefficient (Wildman–Crippen LogP) is -0.310. The third-order valence-corrected chi connectivity index (χ3v) is 10.1. The van der Waals surface area contributed by atoms with E-state index in [1.807, 2.05) is 0 Å². The largest absolute Gasteiger partial charge is 0.462 e. The van der Waals surface area contributed by atoms with E-state index in [4.69, 9.17) is 14.0 Å². The summed E-state index contributed by atoms with van der Waals surface area (Å²) < 4.78 is 30.4. The first-order valence-electron chi connectivity index (χ1n) is 11.9. The van der Waals surface area contributed by atoms with E-state index in [0.717, 1.165) is 11.4 Å². The predicted molar refractivity (Wildman–Crippen MR) is 135 cm³/mol. The molecule has 0 radical (unpaired) electrons. The molecule has 0 aromatic heterocycles. The van der Waals surface area contributed by atoms with E-state index in [0.29, 0.717) is 0 Å². The summed E-state index contributed by atoms with van der Waals surface area (Å²) >= 11 is 0.724. The second-order valence-corrected chi connectivity index (χ2v) is 13.9. The maximum absolute atomic E-state index is 13.8. The van der Waals surface area contributed by atoms with Crippen LogP contribution >= 0.6 is 18.1 Å². The van der Waals surface area contributed by atoms with Gasteiger partial charge in [0.1, 0.15) is 29.7 Å². The maximum Gasteiger partial charge on any atom is 0.327 e. The Morgan fingerprint density at radius 2 is 2.05 bits per heavy atom. The Morgan fingerprint density at radius 3 is 2.63 bits per heavy atom. The molecule has 0 spiro atoms. The average Bonchev–Trinajstić information content (AvgIpc) is 3.25. The van der Waals surface area contributed by atoms with E-state index in [1.165, 1.54) is 31.0 Å². The van der Waals surface area contributed by atoms with Gasteiger partial charge < -0.3 is 34.4 Å². The SMILES string of the molecule is C=C1NC(=O)C=CN1[C@@H]1O[C@H](COP(=O)(NC(C)C(=O)OC(C)C)SCC2CC(=O)NC2=O)[C@@H](O)[C@@]1(C)O. The van der Waals surface area contributed by atoms with E-state index >= 15 is 0 Å². The second-order valence-electron chi connectivity index (χ2n) is 9.60. The van der Waals surface area contributed by atoms with Crippen molar-refractivity contribution < 1.29 is 48.0 Å². The summed E-state index contributed by atoms with van der Waals surface area (Å²) in [6.45, 7) is 5.33. The highest BCUT2D eigenvalue weighted by molar-refractivity contribution is 8.56. The first-order valence-corrected chi connectivity index (χ1v) is 15.1. The molecule has 3 heterocycles. The molecular formula is C22H33N4O10PS. The van der Waals surface area contributed by atoms with Gasteiger partial charge >= 0.3 is 12.7 Å². The van der Waals surface area contributed by atoms with E-state index in [9.17, 15) is 34.0 Å². The molecule has 0 aliphatic carbocycles. The average molecular weight is 577 g/mol. The summed E-state index contributed by atoms with van der Waals surface area (Å²) in [5.74, 6) is -2.74. The fourth-order valence-corrected chi connectivity index (χ4v) is 7.95. The van der Waals surface area contributed by atoms with Crippen LogP contribution in [-0.2, 0) is 37.7 Å². The smallest absolute Gasteiger partial charge is 0.327 e. The standard InChI is InChI=1S/C22H33N4O10PS/c1-11(2)35-20(31)12(3)25-37(33,38-10-14-8-17(28)24-19(14)30)34-9-15-18(29)22(5,32)21(36-15)26-7-6-16(27)23-13(26)4/h6-7,11-12,14-15,18,21,29,32H,4,8-10H2,1-3,5H3,(H,23,27)(H,25,33)(H,24,28,30)/t12?,14?,15-,18-,21-,22-,37?/m1/s1. The van der Waals surface area contributed by atoms with Gasteiger partial charge in [0.25, 0.3) is 5.91 Å². The number of aliphatic hydroxyl groups excluding tert-OH is 1. The summed E-state index contributed by atoms with van der Waals surface area (Å²) in [6, 6.07) is -1.06. The van der Waals surface area contributed by atoms with Crippen molar-refractivity contribution >= 4 is 41.8 Å². The molecule has 5 N–H and O–H groups in total. The molecule has 3 aliphatic rings. The van der Waals surface area contributed by atoms with Crippen molar-refractivity contribution in [3.63, 3.8) is 0 Å². The fourth-order valence-electron chi connectivity index (χ4n) is 3.92. The number of hydrogen-bond acceptors (Lipinski definition) is 12. The summed E-state index contributed by atoms with van der Waals surface area (Å²) in [5.41, 5.74) is -1.86. The van der Waals surface area contributed by atoms with Crippen molar-refractivity contribution in [2.45, 2.75) is 70.3 Å². The molecule has 0 saturated carbocycles. The zero-order valence-corrected chi connectivity index (χ0v) is 23.1. The summed E-state index contributed by atoms with van der Waals surface area (Å²) in [4.78, 5) is 48.7. The number of esters is 1. The highest BCUT2D eigenvalue weighted by Crippen LogP contribution is 2.57. The van der Waals surface area contributed by atoms with Crippen LogP contribution in [-0.4, -0.2) is 87.3 Å². The number of imide groups is 1. The molecule has 3 amide bonds. The molecule has 3 rings (SSSR count). The lowest BCUT2D eigenvalue weighted by Gasteiger charge is -2.37. The van der Waals surface area contributed by atoms with Gasteiger partial charge in [0, 0.05) is 24.4 Å². The van der Waals surface area contributed by atoms with Gasteiger partial charge in [0.15, 0.2) is 6.23 Å². The van der Waals surface area contributed by atoms with Crippen molar-refractivity contribution in [1.82, 2.24) is 20.6 Å². The normalized spacial score (nSPS) is 31.8. The Morgan fingerprint density at radius 1 is 1.37 bits per heavy atom. The summed E-state index contributed by atoms with van der Waals surface area (Å²) in [6.07, 6.45) is -1.82. The number of nitrogens with one attached hydrogen (secondary N) is 3. The Bertz CT molecular complexity index is 1070. The van der Waals surface area contributed by atoms with Gasteiger partial charge in [-0.15, -0.1) is 0 Å². The van der Waals surface area contributed by atoms with E-state index in [-0.39, 0.29) is 18.0 Å². The molecule has 2 fully saturated rings. The number of aliphatic hydroxyl groups is 2. The Kier molecular flexibility index (Phi) is 9.45. The minimum atomic E-state index is -3.96. The van der Waals surface area contributed by atoms with Crippen LogP contribution in [0.4, 0.5) is 0 Å². The third-order valence-electron chi connectivity index (χ3n) is 5.95. The van der Waals surface area contributed by atoms with Crippen LogP contribution in [0.5, 0.6) is 0 Å². The lowest BCUT2D eigenvalue weighted by molar-refractivity contribution is -0.149. The first kappa shape index (κ1) is 30.3. The highest BCUT2D eigenvalue weighted by Gasteiger charge is 2.55. The molecule has 7 atom stereocenters. The molecule has 0 aromatic carbocycles. The number of ether oxygens (including phenoxy) is 2. The number of hydrogen-bond donors (Lipinski definition) is 5. The van der Waals surface area contributed by atoms with Crippen molar-refractivity contribution in [2.75, 3.05) is 12.4 Å². The van der Waals surface area contributed by atoms with Crippen LogP contribution < -0.4 is 15.7 Å². The monoisotopic (exact) mass is 576 g/mol. The van der Waals surface area contributed by atoms with Gasteiger partial charge in [-0.1, -0.05) is 18.0 Å². The van der Waals surface area contributed by atoms with Gasteiger partial charge in [-0.3, -0.25) is 29.1 Å². The molecule has 0 aromatic rings. The number of rotatable bonds is 11. The molecule has 2 saturated heterocycles. The minimum absolute atomic E-state index is 0.0552. The quantitative estimate of drug-likeness (QED) is 0.122. The minimum Gasteiger partial charge on any atom is -0.462 e. The van der Waals surface area contributed by atoms with Crippen LogP contribution in [0.25, 0.3) is 0 Å². The van der Waals surface area contributed by atoms with Crippen LogP contribution in [0.3, 0.4) is 0 Å². The molecular weight excluding hydrogens is 543 g/mol. The number of carbonyl (C=O) groups is 4. The number of carbonyl (C=O) groups excluding carboxylic acids is 4. The third kappa shape index (κ3) is 7.03. The van der Waals surface area contributed by atoms with Crippen molar-refractivity contribution in [2.24, 2.45) is 5.92 Å². The zero-order valence-electron chi connectivity index (χ0n) is 21.4. The number of nitrogens with zero attached hydrogens (tertiary/aromatic N) is 1. The second kappa shape index (κ2) is 11.9. The van der Waals surface area contributed by atoms with Crippen molar-refractivity contribution in [1.29, 1.82) is 0 Å². The molecule has 212 valence electrons. The van der Waals surface area contributed by atoms with Gasteiger partial charge in [-0.2, -0.15) is 0 Å². The molecule has 0 bridgehead atoms. The van der Waals surface area contributed by atoms with E-state index < -0.39 is 79.1 Å². The van der Waals surface area contributed by atoms with Crippen LogP contribution in [0.2, 0.25) is 0 Å². The summed E-state index contributed by atoms with van der Waals surface area (Å²) in [7, 11) is 0. The molecule has 3 aliphatic heterocycles. The number of amides is 3.